The van der Waals surface area contributed by atoms with E-state index in [1.54, 1.807) is 24.3 Å². The molecule has 0 spiro atoms. The van der Waals surface area contributed by atoms with Crippen LogP contribution < -0.4 is 4.74 Å². The molecule has 0 atom stereocenters. The van der Waals surface area contributed by atoms with Crippen molar-refractivity contribution in [2.24, 2.45) is 0 Å². The van der Waals surface area contributed by atoms with Gasteiger partial charge >= 0.3 is 6.36 Å². The summed E-state index contributed by atoms with van der Waals surface area (Å²) in [5.41, 5.74) is 3.33. The highest BCUT2D eigenvalue weighted by atomic mass is 32.2. The van der Waals surface area contributed by atoms with E-state index in [0.29, 0.717) is 11.5 Å². The molecule has 0 aromatic heterocycles. The van der Waals surface area contributed by atoms with E-state index in [1.165, 1.54) is 29.5 Å². The number of hydrogen-bond acceptors (Lipinski definition) is 3. The van der Waals surface area contributed by atoms with Crippen molar-refractivity contribution in [3.05, 3.63) is 77.9 Å². The number of carbonyl (C=O) groups excluding carboxylic acids is 1. The molecule has 0 bridgehead atoms. The molecule has 29 heavy (non-hydrogen) atoms. The van der Waals surface area contributed by atoms with Crippen LogP contribution in [0.15, 0.2) is 76.5 Å². The lowest BCUT2D eigenvalue weighted by Crippen LogP contribution is -2.16. The molecule has 3 rings (SSSR count). The van der Waals surface area contributed by atoms with Crippen LogP contribution >= 0.6 is 11.8 Å². The summed E-state index contributed by atoms with van der Waals surface area (Å²) in [5.74, 6) is 0.165. The van der Waals surface area contributed by atoms with E-state index in [9.17, 15) is 18.0 Å². The second kappa shape index (κ2) is 8.74. The van der Waals surface area contributed by atoms with Gasteiger partial charge in [-0.25, -0.2) is 0 Å². The molecule has 150 valence electrons. The minimum Gasteiger partial charge on any atom is -0.406 e. The molecule has 0 aliphatic rings. The fourth-order valence-electron chi connectivity index (χ4n) is 2.80. The molecule has 6 heteroatoms. The van der Waals surface area contributed by atoms with Crippen LogP contribution in [0.2, 0.25) is 0 Å². The van der Waals surface area contributed by atoms with Crippen LogP contribution in [-0.2, 0) is 0 Å². The molecular weight excluding hydrogens is 397 g/mol. The highest BCUT2D eigenvalue weighted by molar-refractivity contribution is 7.99. The maximum absolute atomic E-state index is 12.3. The molecule has 0 heterocycles. The van der Waals surface area contributed by atoms with Crippen molar-refractivity contribution in [2.45, 2.75) is 35.9 Å². The average Bonchev–Trinajstić information content (AvgIpc) is 2.68. The fourth-order valence-corrected chi connectivity index (χ4v) is 3.74. The highest BCUT2D eigenvalue weighted by Crippen LogP contribution is 2.34. The van der Waals surface area contributed by atoms with Gasteiger partial charge in [0, 0.05) is 15.4 Å². The van der Waals surface area contributed by atoms with Crippen molar-refractivity contribution >= 4 is 18.0 Å². The topological polar surface area (TPSA) is 26.3 Å². The molecule has 0 fully saturated rings. The van der Waals surface area contributed by atoms with Gasteiger partial charge in [-0.1, -0.05) is 55.9 Å². The van der Waals surface area contributed by atoms with Crippen LogP contribution in [0.3, 0.4) is 0 Å². The molecule has 0 aliphatic heterocycles. The van der Waals surface area contributed by atoms with Gasteiger partial charge in [0.2, 0.25) is 0 Å². The lowest BCUT2D eigenvalue weighted by Gasteiger charge is -2.11. The predicted octanol–water partition coefficient (Wildman–Crippen LogP) is 7.34. The van der Waals surface area contributed by atoms with Gasteiger partial charge in [-0.05, 0) is 59.0 Å². The Labute approximate surface area is 171 Å². The summed E-state index contributed by atoms with van der Waals surface area (Å²) in [6.07, 6.45) is -3.92. The SMILES string of the molecule is CC(C)c1ccc(Sc2cc(-c3ccc(OC(F)(F)F)cc3)ccc2C=O)cc1. The average molecular weight is 416 g/mol. The minimum absolute atomic E-state index is 0.273. The van der Waals surface area contributed by atoms with E-state index in [1.807, 2.05) is 18.2 Å². The number of benzene rings is 3. The molecule has 2 nitrogen and oxygen atoms in total. The summed E-state index contributed by atoms with van der Waals surface area (Å²) in [6, 6.07) is 19.2. The zero-order valence-corrected chi connectivity index (χ0v) is 16.7. The molecule has 3 aromatic carbocycles. The first-order chi connectivity index (χ1) is 13.7. The van der Waals surface area contributed by atoms with Crippen molar-refractivity contribution in [2.75, 3.05) is 0 Å². The van der Waals surface area contributed by atoms with Crippen molar-refractivity contribution in [1.29, 1.82) is 0 Å². The third kappa shape index (κ3) is 5.64. The normalized spacial score (nSPS) is 11.5. The summed E-state index contributed by atoms with van der Waals surface area (Å²) in [7, 11) is 0. The van der Waals surface area contributed by atoms with Crippen LogP contribution in [-0.4, -0.2) is 12.6 Å². The fraction of sp³-hybridized carbons (Fsp3) is 0.174. The molecule has 0 radical (unpaired) electrons. The monoisotopic (exact) mass is 416 g/mol. The molecule has 0 aliphatic carbocycles. The van der Waals surface area contributed by atoms with Gasteiger partial charge in [-0.15, -0.1) is 13.2 Å². The van der Waals surface area contributed by atoms with E-state index < -0.39 is 6.36 Å². The van der Waals surface area contributed by atoms with Gasteiger partial charge in [0.1, 0.15) is 5.75 Å². The molecule has 0 saturated carbocycles. The smallest absolute Gasteiger partial charge is 0.406 e. The van der Waals surface area contributed by atoms with Crippen LogP contribution in [0.25, 0.3) is 11.1 Å². The van der Waals surface area contributed by atoms with E-state index in [2.05, 4.69) is 30.7 Å². The largest absolute Gasteiger partial charge is 0.573 e. The van der Waals surface area contributed by atoms with Gasteiger partial charge in [-0.2, -0.15) is 0 Å². The van der Waals surface area contributed by atoms with E-state index in [-0.39, 0.29) is 5.75 Å². The Bertz CT molecular complexity index is 978. The molecule has 0 amide bonds. The number of ether oxygens (including phenoxy) is 1. The molecule has 0 N–H and O–H groups in total. The van der Waals surface area contributed by atoms with E-state index in [4.69, 9.17) is 0 Å². The highest BCUT2D eigenvalue weighted by Gasteiger charge is 2.30. The Kier molecular flexibility index (Phi) is 6.33. The molecular formula is C23H19F3O2S. The maximum Gasteiger partial charge on any atom is 0.573 e. The standard InChI is InChI=1S/C23H19F3O2S/c1-15(2)16-7-11-21(12-8-16)29-22-13-18(3-4-19(22)14-27)17-5-9-20(10-6-17)28-23(24,25)26/h3-15H,1-2H3. The number of aldehydes is 1. The minimum atomic E-state index is -4.72. The maximum atomic E-state index is 12.3. The lowest BCUT2D eigenvalue weighted by atomic mass is 10.0. The van der Waals surface area contributed by atoms with Gasteiger partial charge in [0.25, 0.3) is 0 Å². The molecule has 0 unspecified atom stereocenters. The number of rotatable bonds is 6. The number of hydrogen-bond donors (Lipinski definition) is 0. The Morgan fingerprint density at radius 3 is 2.07 bits per heavy atom. The van der Waals surface area contributed by atoms with Crippen molar-refractivity contribution in [3.8, 4) is 16.9 Å². The Hall–Kier alpha value is -2.73. The Morgan fingerprint density at radius 2 is 1.52 bits per heavy atom. The second-order valence-electron chi connectivity index (χ2n) is 6.77. The lowest BCUT2D eigenvalue weighted by molar-refractivity contribution is -0.274. The summed E-state index contributed by atoms with van der Waals surface area (Å²) in [6.45, 7) is 4.25. The van der Waals surface area contributed by atoms with Crippen molar-refractivity contribution in [3.63, 3.8) is 0 Å². The Morgan fingerprint density at radius 1 is 0.897 bits per heavy atom. The summed E-state index contributed by atoms with van der Waals surface area (Å²) >= 11 is 1.47. The zero-order valence-electron chi connectivity index (χ0n) is 15.9. The number of halogens is 3. The predicted molar refractivity (Wildman–Crippen MR) is 109 cm³/mol. The first kappa shape index (κ1) is 21.0. The first-order valence-corrected chi connectivity index (χ1v) is 9.80. The zero-order chi connectivity index (χ0) is 21.0. The van der Waals surface area contributed by atoms with Crippen LogP contribution in [0.4, 0.5) is 13.2 Å². The van der Waals surface area contributed by atoms with Crippen molar-refractivity contribution in [1.82, 2.24) is 0 Å². The third-order valence-electron chi connectivity index (χ3n) is 4.34. The summed E-state index contributed by atoms with van der Waals surface area (Å²) in [5, 5.41) is 0. The van der Waals surface area contributed by atoms with Crippen molar-refractivity contribution < 1.29 is 22.7 Å². The van der Waals surface area contributed by atoms with E-state index in [0.717, 1.165) is 27.2 Å². The first-order valence-electron chi connectivity index (χ1n) is 8.98. The van der Waals surface area contributed by atoms with Gasteiger partial charge in [0.05, 0.1) is 0 Å². The van der Waals surface area contributed by atoms with Gasteiger partial charge < -0.3 is 4.74 Å². The second-order valence-corrected chi connectivity index (χ2v) is 7.88. The molecule has 0 saturated heterocycles. The van der Waals surface area contributed by atoms with E-state index >= 15 is 0 Å². The van der Waals surface area contributed by atoms with Crippen LogP contribution in [0.1, 0.15) is 35.7 Å². The third-order valence-corrected chi connectivity index (χ3v) is 5.42. The summed E-state index contributed by atoms with van der Waals surface area (Å²) < 4.78 is 40.9. The number of alkyl halides is 3. The Balaban J connectivity index is 1.86. The van der Waals surface area contributed by atoms with Gasteiger partial charge in [-0.3, -0.25) is 4.79 Å². The van der Waals surface area contributed by atoms with Crippen LogP contribution in [0.5, 0.6) is 5.75 Å². The van der Waals surface area contributed by atoms with Crippen LogP contribution in [0, 0.1) is 0 Å². The quantitative estimate of drug-likeness (QED) is 0.393. The summed E-state index contributed by atoms with van der Waals surface area (Å²) in [4.78, 5) is 13.2. The molecule has 3 aromatic rings. The van der Waals surface area contributed by atoms with Gasteiger partial charge in [0.15, 0.2) is 6.29 Å². The number of carbonyl (C=O) groups is 1.